The summed E-state index contributed by atoms with van der Waals surface area (Å²) < 4.78 is 0. The van der Waals surface area contributed by atoms with Gasteiger partial charge in [0.15, 0.2) is 0 Å². The van der Waals surface area contributed by atoms with Crippen molar-refractivity contribution in [3.8, 4) is 11.3 Å². The summed E-state index contributed by atoms with van der Waals surface area (Å²) in [5.41, 5.74) is 8.10. The molecule has 4 N–H and O–H groups in total. The van der Waals surface area contributed by atoms with E-state index in [1.807, 2.05) is 12.1 Å². The van der Waals surface area contributed by atoms with Gasteiger partial charge >= 0.3 is 0 Å². The Bertz CT molecular complexity index is 1070. The van der Waals surface area contributed by atoms with E-state index in [2.05, 4.69) is 25.2 Å². The van der Waals surface area contributed by atoms with Gasteiger partial charge in [-0.05, 0) is 49.6 Å². The molecule has 0 bridgehead atoms. The van der Waals surface area contributed by atoms with Crippen LogP contribution in [0.3, 0.4) is 0 Å². The summed E-state index contributed by atoms with van der Waals surface area (Å²) >= 11 is 0. The van der Waals surface area contributed by atoms with E-state index in [4.69, 9.17) is 5.73 Å². The average Bonchev–Trinajstić information content (AvgIpc) is 2.76. The maximum atomic E-state index is 12.6. The first-order valence-corrected chi connectivity index (χ1v) is 9.57. The van der Waals surface area contributed by atoms with E-state index in [0.717, 1.165) is 18.8 Å². The number of nitrogens with one attached hydrogen (secondary N) is 2. The second-order valence-corrected chi connectivity index (χ2v) is 7.01. The van der Waals surface area contributed by atoms with Crippen molar-refractivity contribution in [3.05, 3.63) is 64.8 Å². The number of hydrogen-bond acceptors (Lipinski definition) is 6. The molecular formula is C21H22N6O2. The quantitative estimate of drug-likeness (QED) is 0.630. The van der Waals surface area contributed by atoms with Crippen molar-refractivity contribution in [1.29, 1.82) is 0 Å². The van der Waals surface area contributed by atoms with Gasteiger partial charge < -0.3 is 20.9 Å². The maximum absolute atomic E-state index is 12.6. The molecule has 1 aliphatic rings. The molecule has 3 aromatic rings. The van der Waals surface area contributed by atoms with Crippen molar-refractivity contribution in [2.24, 2.45) is 0 Å². The number of nitrogens with zero attached hydrogens (tertiary/aromatic N) is 3. The van der Waals surface area contributed by atoms with Crippen molar-refractivity contribution in [2.45, 2.75) is 19.3 Å². The minimum Gasteiger partial charge on any atom is -0.382 e. The molecule has 8 nitrogen and oxygen atoms in total. The predicted molar refractivity (Wildman–Crippen MR) is 113 cm³/mol. The summed E-state index contributed by atoms with van der Waals surface area (Å²) in [7, 11) is 0. The van der Waals surface area contributed by atoms with Crippen LogP contribution in [0.1, 0.15) is 29.6 Å². The SMILES string of the molecule is Nc1cncc(-c2c[nH]c(=O)c(NC(=O)c3ccc(N4CCCCC4)cc3)c2)n1. The summed E-state index contributed by atoms with van der Waals surface area (Å²) in [6.45, 7) is 2.08. The number of anilines is 3. The molecule has 1 aliphatic heterocycles. The largest absolute Gasteiger partial charge is 0.382 e. The summed E-state index contributed by atoms with van der Waals surface area (Å²) in [5, 5.41) is 2.67. The Morgan fingerprint density at radius 2 is 1.86 bits per heavy atom. The number of pyridine rings is 1. The molecule has 2 aromatic heterocycles. The van der Waals surface area contributed by atoms with Gasteiger partial charge in [0, 0.05) is 36.1 Å². The number of piperidine rings is 1. The van der Waals surface area contributed by atoms with Crippen LogP contribution in [0.4, 0.5) is 17.2 Å². The molecule has 1 amide bonds. The fourth-order valence-corrected chi connectivity index (χ4v) is 3.41. The zero-order valence-electron chi connectivity index (χ0n) is 15.9. The van der Waals surface area contributed by atoms with Crippen molar-refractivity contribution < 1.29 is 4.79 Å². The topological polar surface area (TPSA) is 117 Å². The lowest BCUT2D eigenvalue weighted by Crippen LogP contribution is -2.29. The van der Waals surface area contributed by atoms with Crippen LogP contribution in [0.25, 0.3) is 11.3 Å². The molecule has 8 heteroatoms. The van der Waals surface area contributed by atoms with Crippen molar-refractivity contribution in [1.82, 2.24) is 15.0 Å². The molecule has 0 atom stereocenters. The van der Waals surface area contributed by atoms with Gasteiger partial charge in [-0.2, -0.15) is 0 Å². The smallest absolute Gasteiger partial charge is 0.271 e. The van der Waals surface area contributed by atoms with Crippen molar-refractivity contribution in [3.63, 3.8) is 0 Å². The molecule has 0 unspecified atom stereocenters. The van der Waals surface area contributed by atoms with Crippen LogP contribution in [-0.2, 0) is 0 Å². The molecule has 1 fully saturated rings. The molecule has 0 aliphatic carbocycles. The lowest BCUT2D eigenvalue weighted by Gasteiger charge is -2.28. The van der Waals surface area contributed by atoms with Crippen LogP contribution in [0, 0.1) is 0 Å². The molecule has 1 saturated heterocycles. The van der Waals surface area contributed by atoms with Crippen LogP contribution >= 0.6 is 0 Å². The molecule has 29 heavy (non-hydrogen) atoms. The normalized spacial score (nSPS) is 13.9. The molecule has 4 rings (SSSR count). The number of rotatable bonds is 4. The Kier molecular flexibility index (Phi) is 5.24. The van der Waals surface area contributed by atoms with Crippen LogP contribution in [-0.4, -0.2) is 33.9 Å². The number of nitrogens with two attached hydrogens (primary N) is 1. The zero-order chi connectivity index (χ0) is 20.2. The number of carbonyl (C=O) groups excluding carboxylic acids is 1. The van der Waals surface area contributed by atoms with Gasteiger partial charge in [-0.3, -0.25) is 14.6 Å². The zero-order valence-corrected chi connectivity index (χ0v) is 15.9. The monoisotopic (exact) mass is 390 g/mol. The van der Waals surface area contributed by atoms with Gasteiger partial charge in [0.2, 0.25) is 0 Å². The van der Waals surface area contributed by atoms with E-state index in [1.54, 1.807) is 18.2 Å². The highest BCUT2D eigenvalue weighted by Gasteiger charge is 2.14. The van der Waals surface area contributed by atoms with Crippen LogP contribution in [0.15, 0.2) is 53.7 Å². The van der Waals surface area contributed by atoms with E-state index in [0.29, 0.717) is 16.8 Å². The maximum Gasteiger partial charge on any atom is 0.271 e. The summed E-state index contributed by atoms with van der Waals surface area (Å²) in [6, 6.07) is 9.01. The standard InChI is InChI=1S/C21H22N6O2/c22-19-13-23-12-18(25-19)15-10-17(21(29)24-11-15)26-20(28)14-4-6-16(7-5-14)27-8-2-1-3-9-27/h4-7,10-13H,1-3,8-9H2,(H2,22,25)(H,24,29)(H,26,28). The van der Waals surface area contributed by atoms with Gasteiger partial charge in [-0.1, -0.05) is 0 Å². The van der Waals surface area contributed by atoms with E-state index in [-0.39, 0.29) is 17.4 Å². The highest BCUT2D eigenvalue weighted by Crippen LogP contribution is 2.21. The Labute approximate surface area is 167 Å². The lowest BCUT2D eigenvalue weighted by molar-refractivity contribution is 0.102. The van der Waals surface area contributed by atoms with Gasteiger partial charge in [0.1, 0.15) is 11.5 Å². The summed E-state index contributed by atoms with van der Waals surface area (Å²) in [6.07, 6.45) is 8.14. The van der Waals surface area contributed by atoms with Crippen LogP contribution in [0.5, 0.6) is 0 Å². The molecular weight excluding hydrogens is 368 g/mol. The lowest BCUT2D eigenvalue weighted by atomic mass is 10.1. The highest BCUT2D eigenvalue weighted by molar-refractivity contribution is 6.04. The number of carbonyl (C=O) groups is 1. The number of nitrogen functional groups attached to an aromatic ring is 1. The average molecular weight is 390 g/mol. The van der Waals surface area contributed by atoms with E-state index in [1.165, 1.54) is 37.9 Å². The predicted octanol–water partition coefficient (Wildman–Crippen LogP) is 2.66. The second-order valence-electron chi connectivity index (χ2n) is 7.01. The first kappa shape index (κ1) is 18.7. The Balaban J connectivity index is 1.52. The number of aromatic nitrogens is 3. The minimum atomic E-state index is -0.399. The summed E-state index contributed by atoms with van der Waals surface area (Å²) in [5.74, 6) is -0.0791. The van der Waals surface area contributed by atoms with E-state index < -0.39 is 5.56 Å². The number of amides is 1. The van der Waals surface area contributed by atoms with Gasteiger partial charge in [0.25, 0.3) is 11.5 Å². The van der Waals surface area contributed by atoms with Gasteiger partial charge in [-0.25, -0.2) is 4.98 Å². The van der Waals surface area contributed by atoms with E-state index >= 15 is 0 Å². The fraction of sp³-hybridized carbons (Fsp3) is 0.238. The third-order valence-corrected chi connectivity index (χ3v) is 4.95. The second kappa shape index (κ2) is 8.14. The molecule has 0 spiro atoms. The number of hydrogen-bond donors (Lipinski definition) is 3. The first-order chi connectivity index (χ1) is 14.1. The Morgan fingerprint density at radius 1 is 1.10 bits per heavy atom. The number of H-pyrrole nitrogens is 1. The first-order valence-electron chi connectivity index (χ1n) is 9.57. The molecule has 0 radical (unpaired) electrons. The highest BCUT2D eigenvalue weighted by atomic mass is 16.2. The third-order valence-electron chi connectivity index (χ3n) is 4.95. The Morgan fingerprint density at radius 3 is 2.59 bits per heavy atom. The fourth-order valence-electron chi connectivity index (χ4n) is 3.41. The molecule has 0 saturated carbocycles. The van der Waals surface area contributed by atoms with Gasteiger partial charge in [-0.15, -0.1) is 0 Å². The van der Waals surface area contributed by atoms with E-state index in [9.17, 15) is 9.59 Å². The minimum absolute atomic E-state index is 0.136. The molecule has 3 heterocycles. The summed E-state index contributed by atoms with van der Waals surface area (Å²) in [4.78, 5) is 37.9. The van der Waals surface area contributed by atoms with Crippen molar-refractivity contribution in [2.75, 3.05) is 29.0 Å². The van der Waals surface area contributed by atoms with Crippen LogP contribution < -0.4 is 21.5 Å². The number of benzene rings is 1. The third kappa shape index (κ3) is 4.26. The van der Waals surface area contributed by atoms with Gasteiger partial charge in [0.05, 0.1) is 18.1 Å². The molecule has 1 aromatic carbocycles. The molecule has 148 valence electrons. The Hall–Kier alpha value is -3.68. The van der Waals surface area contributed by atoms with Crippen LogP contribution in [0.2, 0.25) is 0 Å². The number of aromatic amines is 1. The van der Waals surface area contributed by atoms with Crippen molar-refractivity contribution >= 4 is 23.1 Å².